The first kappa shape index (κ1) is 12.9. The highest BCUT2D eigenvalue weighted by Crippen LogP contribution is 2.25. The number of nitrogen functional groups attached to an aromatic ring is 1. The molecule has 0 saturated carbocycles. The second-order valence-electron chi connectivity index (χ2n) is 3.85. The zero-order valence-electron chi connectivity index (χ0n) is 10.2. The molecule has 16 heavy (non-hydrogen) atoms. The molecule has 1 rings (SSSR count). The van der Waals surface area contributed by atoms with E-state index in [4.69, 9.17) is 16.2 Å². The van der Waals surface area contributed by atoms with Gasteiger partial charge in [-0.05, 0) is 31.9 Å². The lowest BCUT2D eigenvalue weighted by atomic mass is 9.97. The number of nitrogens with two attached hydrogens (primary N) is 2. The average Bonchev–Trinajstić information content (AvgIpc) is 2.25. The maximum atomic E-state index is 6.19. The molecule has 0 aliphatic carbocycles. The minimum Gasteiger partial charge on any atom is -0.383 e. The molecule has 1 aromatic heterocycles. The Morgan fingerprint density at radius 3 is 2.62 bits per heavy atom. The van der Waals surface area contributed by atoms with Crippen molar-refractivity contribution in [3.05, 3.63) is 23.4 Å². The number of ether oxygens (including phenoxy) is 1. The smallest absolute Gasteiger partial charge is 0.128 e. The van der Waals surface area contributed by atoms with Crippen LogP contribution in [-0.4, -0.2) is 17.7 Å². The van der Waals surface area contributed by atoms with Crippen molar-refractivity contribution in [2.45, 2.75) is 39.3 Å². The summed E-state index contributed by atoms with van der Waals surface area (Å²) in [6, 6.07) is 1.71. The number of hydrogen-bond acceptors (Lipinski definition) is 4. The molecule has 2 atom stereocenters. The first-order valence-corrected chi connectivity index (χ1v) is 5.69. The monoisotopic (exact) mass is 223 g/mol. The molecular formula is C12H21N3O. The van der Waals surface area contributed by atoms with Crippen molar-refractivity contribution in [1.82, 2.24) is 4.98 Å². The van der Waals surface area contributed by atoms with E-state index in [1.165, 1.54) is 0 Å². The van der Waals surface area contributed by atoms with Crippen LogP contribution in [0.2, 0.25) is 0 Å². The molecule has 0 bridgehead atoms. The van der Waals surface area contributed by atoms with Crippen LogP contribution < -0.4 is 11.5 Å². The summed E-state index contributed by atoms with van der Waals surface area (Å²) in [7, 11) is 0. The Morgan fingerprint density at radius 2 is 2.12 bits per heavy atom. The number of pyridine rings is 1. The molecule has 4 heteroatoms. The van der Waals surface area contributed by atoms with Gasteiger partial charge in [-0.2, -0.15) is 0 Å². The van der Waals surface area contributed by atoms with E-state index in [0.717, 1.165) is 17.5 Å². The van der Waals surface area contributed by atoms with E-state index in [2.05, 4.69) is 11.9 Å². The first-order valence-electron chi connectivity index (χ1n) is 5.69. The molecule has 90 valence electrons. The van der Waals surface area contributed by atoms with Crippen LogP contribution in [0.4, 0.5) is 5.82 Å². The van der Waals surface area contributed by atoms with Gasteiger partial charge in [-0.3, -0.25) is 0 Å². The van der Waals surface area contributed by atoms with Crippen molar-refractivity contribution >= 4 is 5.82 Å². The molecule has 0 radical (unpaired) electrons. The van der Waals surface area contributed by atoms with Crippen LogP contribution in [0, 0.1) is 6.92 Å². The Morgan fingerprint density at radius 1 is 1.44 bits per heavy atom. The molecule has 1 aromatic rings. The summed E-state index contributed by atoms with van der Waals surface area (Å²) in [5, 5.41) is 0. The predicted octanol–water partition coefficient (Wildman–Crippen LogP) is 1.79. The Hall–Kier alpha value is -1.13. The second kappa shape index (κ2) is 5.82. The van der Waals surface area contributed by atoms with E-state index in [-0.39, 0.29) is 12.1 Å². The highest BCUT2D eigenvalue weighted by molar-refractivity contribution is 5.46. The van der Waals surface area contributed by atoms with Gasteiger partial charge in [-0.15, -0.1) is 0 Å². The summed E-state index contributed by atoms with van der Waals surface area (Å²) in [6.07, 6.45) is 2.56. The fourth-order valence-corrected chi connectivity index (χ4v) is 1.90. The van der Waals surface area contributed by atoms with Gasteiger partial charge in [-0.1, -0.05) is 6.92 Å². The van der Waals surface area contributed by atoms with Crippen LogP contribution in [-0.2, 0) is 4.74 Å². The number of anilines is 1. The first-order chi connectivity index (χ1) is 7.61. The molecule has 4 N–H and O–H groups in total. The number of aryl methyl sites for hydroxylation is 1. The zero-order chi connectivity index (χ0) is 12.1. The summed E-state index contributed by atoms with van der Waals surface area (Å²) in [4.78, 5) is 4.08. The Bertz CT molecular complexity index is 321. The third-order valence-electron chi connectivity index (χ3n) is 2.76. The number of rotatable bonds is 5. The van der Waals surface area contributed by atoms with Crippen LogP contribution in [0.3, 0.4) is 0 Å². The van der Waals surface area contributed by atoms with Crippen LogP contribution in [0.5, 0.6) is 0 Å². The SMILES string of the molecule is CCOC(CC)C(N)c1c(C)ccnc1N. The Labute approximate surface area is 97.0 Å². The summed E-state index contributed by atoms with van der Waals surface area (Å²) < 4.78 is 5.61. The van der Waals surface area contributed by atoms with E-state index in [1.54, 1.807) is 6.20 Å². The Kier molecular flexibility index (Phi) is 4.71. The number of nitrogens with zero attached hydrogens (tertiary/aromatic N) is 1. The zero-order valence-corrected chi connectivity index (χ0v) is 10.2. The van der Waals surface area contributed by atoms with Gasteiger partial charge in [0.15, 0.2) is 0 Å². The van der Waals surface area contributed by atoms with Gasteiger partial charge in [-0.25, -0.2) is 4.98 Å². The lowest BCUT2D eigenvalue weighted by molar-refractivity contribution is 0.0413. The van der Waals surface area contributed by atoms with E-state index in [9.17, 15) is 0 Å². The molecule has 2 unspecified atom stereocenters. The third-order valence-corrected chi connectivity index (χ3v) is 2.76. The number of aromatic nitrogens is 1. The van der Waals surface area contributed by atoms with Crippen molar-refractivity contribution in [3.8, 4) is 0 Å². The van der Waals surface area contributed by atoms with Crippen LogP contribution in [0.1, 0.15) is 37.4 Å². The fraction of sp³-hybridized carbons (Fsp3) is 0.583. The van der Waals surface area contributed by atoms with Crippen molar-refractivity contribution in [2.24, 2.45) is 5.73 Å². The molecular weight excluding hydrogens is 202 g/mol. The molecule has 0 aromatic carbocycles. The standard InChI is InChI=1S/C12H21N3O/c1-4-9(16-5-2)11(13)10-8(3)6-7-15-12(10)14/h6-7,9,11H,4-5,13H2,1-3H3,(H2,14,15). The second-order valence-corrected chi connectivity index (χ2v) is 3.85. The molecule has 1 heterocycles. The maximum absolute atomic E-state index is 6.19. The summed E-state index contributed by atoms with van der Waals surface area (Å²) in [5.74, 6) is 0.505. The van der Waals surface area contributed by atoms with Gasteiger partial charge in [0.05, 0.1) is 12.1 Å². The molecule has 0 aliphatic rings. The van der Waals surface area contributed by atoms with Crippen LogP contribution in [0.25, 0.3) is 0 Å². The lowest BCUT2D eigenvalue weighted by Gasteiger charge is -2.24. The molecule has 0 spiro atoms. The summed E-state index contributed by atoms with van der Waals surface area (Å²) in [6.45, 7) is 6.67. The van der Waals surface area contributed by atoms with Crippen LogP contribution >= 0.6 is 0 Å². The minimum atomic E-state index is -0.210. The molecule has 4 nitrogen and oxygen atoms in total. The Balaban J connectivity index is 2.98. The lowest BCUT2D eigenvalue weighted by Crippen LogP contribution is -2.30. The minimum absolute atomic E-state index is 0.00444. The molecule has 0 fully saturated rings. The van der Waals surface area contributed by atoms with Gasteiger partial charge in [0.1, 0.15) is 5.82 Å². The van der Waals surface area contributed by atoms with Crippen LogP contribution in [0.15, 0.2) is 12.3 Å². The quantitative estimate of drug-likeness (QED) is 0.798. The van der Waals surface area contributed by atoms with E-state index in [0.29, 0.717) is 12.4 Å². The van der Waals surface area contributed by atoms with E-state index < -0.39 is 0 Å². The number of hydrogen-bond donors (Lipinski definition) is 2. The topological polar surface area (TPSA) is 74.2 Å². The predicted molar refractivity (Wildman–Crippen MR) is 66.0 cm³/mol. The largest absolute Gasteiger partial charge is 0.383 e. The van der Waals surface area contributed by atoms with Crippen molar-refractivity contribution < 1.29 is 4.74 Å². The van der Waals surface area contributed by atoms with Gasteiger partial charge >= 0.3 is 0 Å². The summed E-state index contributed by atoms with van der Waals surface area (Å²) in [5.41, 5.74) is 14.0. The fourth-order valence-electron chi connectivity index (χ4n) is 1.90. The van der Waals surface area contributed by atoms with Crippen molar-refractivity contribution in [1.29, 1.82) is 0 Å². The maximum Gasteiger partial charge on any atom is 0.128 e. The van der Waals surface area contributed by atoms with Gasteiger partial charge in [0, 0.05) is 18.4 Å². The van der Waals surface area contributed by atoms with Gasteiger partial charge in [0.2, 0.25) is 0 Å². The van der Waals surface area contributed by atoms with Gasteiger partial charge < -0.3 is 16.2 Å². The van der Waals surface area contributed by atoms with Crippen molar-refractivity contribution in [2.75, 3.05) is 12.3 Å². The highest BCUT2D eigenvalue weighted by Gasteiger charge is 2.22. The third kappa shape index (κ3) is 2.71. The molecule has 0 saturated heterocycles. The molecule has 0 amide bonds. The summed E-state index contributed by atoms with van der Waals surface area (Å²) >= 11 is 0. The average molecular weight is 223 g/mol. The van der Waals surface area contributed by atoms with Crippen molar-refractivity contribution in [3.63, 3.8) is 0 Å². The van der Waals surface area contributed by atoms with E-state index >= 15 is 0 Å². The highest BCUT2D eigenvalue weighted by atomic mass is 16.5. The van der Waals surface area contributed by atoms with E-state index in [1.807, 2.05) is 19.9 Å². The van der Waals surface area contributed by atoms with Gasteiger partial charge in [0.25, 0.3) is 0 Å². The molecule has 0 aliphatic heterocycles. The normalized spacial score (nSPS) is 14.8.